The highest BCUT2D eigenvalue weighted by Gasteiger charge is 2.08. The highest BCUT2D eigenvalue weighted by atomic mass is 35.5. The molecule has 0 unspecified atom stereocenters. The molecule has 120 valence electrons. The smallest absolute Gasteiger partial charge is 0.227 e. The number of fused-ring (bicyclic) bond motifs is 1. The van der Waals surface area contributed by atoms with Crippen molar-refractivity contribution in [3.63, 3.8) is 0 Å². The number of aryl methyl sites for hydroxylation is 2. The summed E-state index contributed by atoms with van der Waals surface area (Å²) in [5.41, 5.74) is 2.18. The second kappa shape index (κ2) is 6.83. The Balaban J connectivity index is 1.48. The summed E-state index contributed by atoms with van der Waals surface area (Å²) in [5.74, 6) is 1.04. The molecular weight excluding hydrogens is 316 g/mol. The van der Waals surface area contributed by atoms with Gasteiger partial charge in [-0.15, -0.1) is 0 Å². The third kappa shape index (κ3) is 3.90. The lowest BCUT2D eigenvalue weighted by molar-refractivity contribution is -0.121. The predicted molar refractivity (Wildman–Crippen MR) is 87.4 cm³/mol. The molecule has 1 amide bonds. The Bertz CT molecular complexity index is 824. The van der Waals surface area contributed by atoms with Crippen LogP contribution in [0.5, 0.6) is 0 Å². The first kappa shape index (κ1) is 15.6. The molecule has 3 rings (SSSR count). The Labute approximate surface area is 138 Å². The molecule has 2 aromatic heterocycles. The summed E-state index contributed by atoms with van der Waals surface area (Å²) in [6.07, 6.45) is 3.48. The van der Waals surface area contributed by atoms with Gasteiger partial charge in [0.25, 0.3) is 0 Å². The lowest BCUT2D eigenvalue weighted by atomic mass is 10.1. The van der Waals surface area contributed by atoms with Crippen molar-refractivity contribution in [3.05, 3.63) is 46.7 Å². The van der Waals surface area contributed by atoms with E-state index in [1.54, 1.807) is 6.92 Å². The van der Waals surface area contributed by atoms with E-state index in [4.69, 9.17) is 16.1 Å². The maximum absolute atomic E-state index is 11.8. The fourth-order valence-electron chi connectivity index (χ4n) is 2.44. The van der Waals surface area contributed by atoms with Gasteiger partial charge in [-0.3, -0.25) is 4.79 Å². The summed E-state index contributed by atoms with van der Waals surface area (Å²) in [5, 5.41) is 8.39. The van der Waals surface area contributed by atoms with Gasteiger partial charge in [-0.25, -0.2) is 0 Å². The summed E-state index contributed by atoms with van der Waals surface area (Å²) in [4.78, 5) is 19.1. The second-order valence-electron chi connectivity index (χ2n) is 5.34. The molecule has 0 fully saturated rings. The highest BCUT2D eigenvalue weighted by Crippen LogP contribution is 2.22. The predicted octanol–water partition coefficient (Wildman–Crippen LogP) is 2.80. The SMILES string of the molecule is Cc1noc(CCC(=O)NCCc2c[nH]c3ccc(Cl)cc23)n1. The second-order valence-corrected chi connectivity index (χ2v) is 5.78. The van der Waals surface area contributed by atoms with E-state index in [2.05, 4.69) is 20.4 Å². The maximum Gasteiger partial charge on any atom is 0.227 e. The van der Waals surface area contributed by atoms with Gasteiger partial charge in [0.2, 0.25) is 11.8 Å². The van der Waals surface area contributed by atoms with Crippen molar-refractivity contribution in [1.82, 2.24) is 20.4 Å². The monoisotopic (exact) mass is 332 g/mol. The largest absolute Gasteiger partial charge is 0.361 e. The van der Waals surface area contributed by atoms with Crippen LogP contribution >= 0.6 is 11.6 Å². The van der Waals surface area contributed by atoms with Crippen molar-refractivity contribution < 1.29 is 9.32 Å². The number of carbonyl (C=O) groups excluding carboxylic acids is 1. The summed E-state index contributed by atoms with van der Waals surface area (Å²) in [7, 11) is 0. The molecule has 0 radical (unpaired) electrons. The van der Waals surface area contributed by atoms with Crippen LogP contribution in [0.2, 0.25) is 5.02 Å². The maximum atomic E-state index is 11.8. The Morgan fingerprint density at radius 1 is 1.39 bits per heavy atom. The first-order valence-corrected chi connectivity index (χ1v) is 7.81. The van der Waals surface area contributed by atoms with Crippen LogP contribution in [0.25, 0.3) is 10.9 Å². The van der Waals surface area contributed by atoms with Crippen molar-refractivity contribution in [3.8, 4) is 0 Å². The average Bonchev–Trinajstić information content (AvgIpc) is 3.12. The first-order valence-electron chi connectivity index (χ1n) is 7.43. The summed E-state index contributed by atoms with van der Waals surface area (Å²) in [6, 6.07) is 5.74. The lowest BCUT2D eigenvalue weighted by Crippen LogP contribution is -2.25. The summed E-state index contributed by atoms with van der Waals surface area (Å²) < 4.78 is 4.98. The van der Waals surface area contributed by atoms with E-state index in [-0.39, 0.29) is 5.91 Å². The number of hydrogen-bond donors (Lipinski definition) is 2. The van der Waals surface area contributed by atoms with Gasteiger partial charge in [-0.2, -0.15) is 4.98 Å². The number of benzene rings is 1. The number of carbonyl (C=O) groups is 1. The number of aromatic amines is 1. The van der Waals surface area contributed by atoms with Gasteiger partial charge in [0.1, 0.15) is 0 Å². The van der Waals surface area contributed by atoms with Gasteiger partial charge in [0, 0.05) is 41.5 Å². The molecule has 0 saturated carbocycles. The van der Waals surface area contributed by atoms with Crippen LogP contribution in [-0.4, -0.2) is 27.6 Å². The summed E-state index contributed by atoms with van der Waals surface area (Å²) in [6.45, 7) is 2.32. The van der Waals surface area contributed by atoms with Crippen LogP contribution in [0.15, 0.2) is 28.9 Å². The minimum Gasteiger partial charge on any atom is -0.361 e. The van der Waals surface area contributed by atoms with E-state index < -0.39 is 0 Å². The average molecular weight is 333 g/mol. The van der Waals surface area contributed by atoms with Crippen molar-refractivity contribution in [2.45, 2.75) is 26.2 Å². The molecule has 23 heavy (non-hydrogen) atoms. The fourth-order valence-corrected chi connectivity index (χ4v) is 2.62. The van der Waals surface area contributed by atoms with E-state index in [1.807, 2.05) is 24.4 Å². The number of rotatable bonds is 6. The molecule has 0 aliphatic heterocycles. The zero-order valence-corrected chi connectivity index (χ0v) is 13.5. The molecule has 6 nitrogen and oxygen atoms in total. The van der Waals surface area contributed by atoms with Gasteiger partial charge in [0.05, 0.1) is 0 Å². The van der Waals surface area contributed by atoms with Crippen LogP contribution in [0.4, 0.5) is 0 Å². The van der Waals surface area contributed by atoms with Gasteiger partial charge in [0.15, 0.2) is 5.82 Å². The molecule has 2 heterocycles. The molecule has 0 spiro atoms. The Morgan fingerprint density at radius 2 is 2.26 bits per heavy atom. The van der Waals surface area contributed by atoms with Crippen molar-refractivity contribution >= 4 is 28.4 Å². The van der Waals surface area contributed by atoms with Gasteiger partial charge in [-0.1, -0.05) is 16.8 Å². The normalized spacial score (nSPS) is 11.0. The third-order valence-corrected chi connectivity index (χ3v) is 3.82. The third-order valence-electron chi connectivity index (χ3n) is 3.58. The fraction of sp³-hybridized carbons (Fsp3) is 0.312. The lowest BCUT2D eigenvalue weighted by Gasteiger charge is -2.04. The Hall–Kier alpha value is -2.34. The number of H-pyrrole nitrogens is 1. The molecule has 2 N–H and O–H groups in total. The van der Waals surface area contributed by atoms with Crippen molar-refractivity contribution in [2.75, 3.05) is 6.54 Å². The molecule has 1 aromatic carbocycles. The molecule has 0 aliphatic rings. The summed E-state index contributed by atoms with van der Waals surface area (Å²) >= 11 is 6.03. The topological polar surface area (TPSA) is 83.8 Å². The van der Waals surface area contributed by atoms with Crippen LogP contribution in [-0.2, 0) is 17.6 Å². The molecular formula is C16H17ClN4O2. The molecule has 3 aromatic rings. The molecule has 0 atom stereocenters. The number of nitrogens with zero attached hydrogens (tertiary/aromatic N) is 2. The van der Waals surface area contributed by atoms with E-state index in [0.717, 1.165) is 22.9 Å². The number of halogens is 1. The van der Waals surface area contributed by atoms with E-state index >= 15 is 0 Å². The van der Waals surface area contributed by atoms with Gasteiger partial charge in [-0.05, 0) is 37.1 Å². The van der Waals surface area contributed by atoms with Crippen molar-refractivity contribution in [1.29, 1.82) is 0 Å². The van der Waals surface area contributed by atoms with Crippen LogP contribution < -0.4 is 5.32 Å². The van der Waals surface area contributed by atoms with Crippen LogP contribution in [0.3, 0.4) is 0 Å². The highest BCUT2D eigenvalue weighted by molar-refractivity contribution is 6.31. The van der Waals surface area contributed by atoms with E-state index in [0.29, 0.717) is 36.1 Å². The minimum atomic E-state index is -0.0290. The Morgan fingerprint density at radius 3 is 3.04 bits per heavy atom. The molecule has 0 bridgehead atoms. The molecule has 0 aliphatic carbocycles. The van der Waals surface area contributed by atoms with E-state index in [1.165, 1.54) is 0 Å². The minimum absolute atomic E-state index is 0.0290. The quantitative estimate of drug-likeness (QED) is 0.727. The number of nitrogens with one attached hydrogen (secondary N) is 2. The number of amides is 1. The van der Waals surface area contributed by atoms with Gasteiger partial charge >= 0.3 is 0 Å². The van der Waals surface area contributed by atoms with E-state index in [9.17, 15) is 4.79 Å². The number of aromatic nitrogens is 3. The zero-order valence-electron chi connectivity index (χ0n) is 12.7. The van der Waals surface area contributed by atoms with Crippen LogP contribution in [0, 0.1) is 6.92 Å². The molecule has 0 saturated heterocycles. The standard InChI is InChI=1S/C16H17ClN4O2/c1-10-20-16(23-21-10)5-4-15(22)18-7-6-11-9-19-14-3-2-12(17)8-13(11)14/h2-3,8-9,19H,4-7H2,1H3,(H,18,22). The first-order chi connectivity index (χ1) is 11.1. The van der Waals surface area contributed by atoms with Crippen molar-refractivity contribution in [2.24, 2.45) is 0 Å². The molecule has 7 heteroatoms. The van der Waals surface area contributed by atoms with Crippen LogP contribution in [0.1, 0.15) is 23.7 Å². The van der Waals surface area contributed by atoms with Gasteiger partial charge < -0.3 is 14.8 Å². The number of hydrogen-bond acceptors (Lipinski definition) is 4. The zero-order chi connectivity index (χ0) is 16.2. The Kier molecular flexibility index (Phi) is 4.62.